The van der Waals surface area contributed by atoms with Gasteiger partial charge in [0, 0.05) is 12.4 Å². The number of furan rings is 2. The monoisotopic (exact) mass is 362 g/mol. The minimum Gasteiger partial charge on any atom is -0.459 e. The Morgan fingerprint density at radius 1 is 1.18 bits per heavy atom. The van der Waals surface area contributed by atoms with Crippen LogP contribution < -0.4 is 5.32 Å². The van der Waals surface area contributed by atoms with Crippen molar-refractivity contribution < 1.29 is 13.6 Å². The topological polar surface area (TPSA) is 58.6 Å². The van der Waals surface area contributed by atoms with Crippen LogP contribution in [0.5, 0.6) is 0 Å². The SMILES string of the molecule is CN(Cc1ccc(Br)o1)C(=O)NCc1cc2ccccc2o1. The van der Waals surface area contributed by atoms with Crippen LogP contribution in [0.3, 0.4) is 0 Å². The largest absolute Gasteiger partial charge is 0.459 e. The van der Waals surface area contributed by atoms with Gasteiger partial charge in [-0.1, -0.05) is 18.2 Å². The molecule has 3 rings (SSSR count). The zero-order chi connectivity index (χ0) is 15.5. The summed E-state index contributed by atoms with van der Waals surface area (Å²) in [5.74, 6) is 1.44. The van der Waals surface area contributed by atoms with Gasteiger partial charge < -0.3 is 19.1 Å². The van der Waals surface area contributed by atoms with E-state index in [1.165, 1.54) is 0 Å². The zero-order valence-corrected chi connectivity index (χ0v) is 13.6. The number of benzene rings is 1. The molecule has 22 heavy (non-hydrogen) atoms. The van der Waals surface area contributed by atoms with E-state index in [4.69, 9.17) is 8.83 Å². The number of fused-ring (bicyclic) bond motifs is 1. The molecule has 2 amide bonds. The number of nitrogens with one attached hydrogen (secondary N) is 1. The van der Waals surface area contributed by atoms with E-state index in [0.717, 1.165) is 16.7 Å². The van der Waals surface area contributed by atoms with Crippen LogP contribution in [-0.4, -0.2) is 18.0 Å². The number of hydrogen-bond acceptors (Lipinski definition) is 3. The Bertz CT molecular complexity index is 760. The molecule has 6 heteroatoms. The molecular formula is C16H15BrN2O3. The summed E-state index contributed by atoms with van der Waals surface area (Å²) >= 11 is 3.24. The third-order valence-electron chi connectivity index (χ3n) is 3.26. The van der Waals surface area contributed by atoms with Crippen LogP contribution in [0.15, 0.2) is 56.0 Å². The number of carbonyl (C=O) groups excluding carboxylic acids is 1. The molecule has 1 N–H and O–H groups in total. The lowest BCUT2D eigenvalue weighted by molar-refractivity contribution is 0.201. The van der Waals surface area contributed by atoms with E-state index < -0.39 is 0 Å². The van der Waals surface area contributed by atoms with E-state index in [2.05, 4.69) is 21.2 Å². The molecule has 2 aromatic heterocycles. The zero-order valence-electron chi connectivity index (χ0n) is 12.0. The van der Waals surface area contributed by atoms with Gasteiger partial charge >= 0.3 is 6.03 Å². The molecule has 0 fully saturated rings. The first-order chi connectivity index (χ1) is 10.6. The number of hydrogen-bond donors (Lipinski definition) is 1. The molecule has 0 atom stereocenters. The van der Waals surface area contributed by atoms with E-state index >= 15 is 0 Å². The molecular weight excluding hydrogens is 348 g/mol. The van der Waals surface area contributed by atoms with Crippen LogP contribution in [0.25, 0.3) is 11.0 Å². The molecule has 0 aliphatic carbocycles. The molecule has 5 nitrogen and oxygen atoms in total. The van der Waals surface area contributed by atoms with Crippen molar-refractivity contribution in [3.63, 3.8) is 0 Å². The summed E-state index contributed by atoms with van der Waals surface area (Å²) in [6.07, 6.45) is 0. The van der Waals surface area contributed by atoms with E-state index in [-0.39, 0.29) is 6.03 Å². The lowest BCUT2D eigenvalue weighted by Crippen LogP contribution is -2.36. The minimum atomic E-state index is -0.187. The molecule has 3 aromatic rings. The molecule has 0 aliphatic rings. The van der Waals surface area contributed by atoms with Crippen LogP contribution in [0, 0.1) is 0 Å². The maximum absolute atomic E-state index is 12.1. The van der Waals surface area contributed by atoms with E-state index in [1.807, 2.05) is 36.4 Å². The van der Waals surface area contributed by atoms with Crippen molar-refractivity contribution in [3.05, 3.63) is 58.7 Å². The number of rotatable bonds is 4. The van der Waals surface area contributed by atoms with Gasteiger partial charge in [0.15, 0.2) is 4.67 Å². The Labute approximate surface area is 136 Å². The average molecular weight is 363 g/mol. The molecule has 0 saturated heterocycles. The van der Waals surface area contributed by atoms with Gasteiger partial charge in [-0.15, -0.1) is 0 Å². The Kier molecular flexibility index (Phi) is 4.20. The average Bonchev–Trinajstić information content (AvgIpc) is 3.10. The van der Waals surface area contributed by atoms with Gasteiger partial charge in [-0.2, -0.15) is 0 Å². The van der Waals surface area contributed by atoms with Crippen molar-refractivity contribution in [3.8, 4) is 0 Å². The van der Waals surface area contributed by atoms with Crippen LogP contribution in [0.2, 0.25) is 0 Å². The molecule has 0 aliphatic heterocycles. The molecule has 0 saturated carbocycles. The van der Waals surface area contributed by atoms with Gasteiger partial charge in [-0.25, -0.2) is 4.79 Å². The van der Waals surface area contributed by atoms with Gasteiger partial charge in [0.1, 0.15) is 17.1 Å². The van der Waals surface area contributed by atoms with Crippen LogP contribution in [-0.2, 0) is 13.1 Å². The number of urea groups is 1. The summed E-state index contributed by atoms with van der Waals surface area (Å²) in [6, 6.07) is 13.1. The summed E-state index contributed by atoms with van der Waals surface area (Å²) in [5.41, 5.74) is 0.820. The lowest BCUT2D eigenvalue weighted by Gasteiger charge is -2.16. The first kappa shape index (κ1) is 14.7. The van der Waals surface area contributed by atoms with E-state index in [1.54, 1.807) is 18.0 Å². The van der Waals surface area contributed by atoms with Crippen LogP contribution in [0.4, 0.5) is 4.79 Å². The maximum Gasteiger partial charge on any atom is 0.317 e. The Balaban J connectivity index is 1.57. The third kappa shape index (κ3) is 3.33. The smallest absolute Gasteiger partial charge is 0.317 e. The Morgan fingerprint density at radius 2 is 2.00 bits per heavy atom. The second kappa shape index (κ2) is 6.27. The first-order valence-electron chi connectivity index (χ1n) is 6.82. The second-order valence-electron chi connectivity index (χ2n) is 4.97. The number of amides is 2. The standard InChI is InChI=1S/C16H15BrN2O3/c1-19(10-12-6-7-15(17)22-12)16(20)18-9-13-8-11-4-2-3-5-14(11)21-13/h2-8H,9-10H2,1H3,(H,18,20). The summed E-state index contributed by atoms with van der Waals surface area (Å²) in [5, 5.41) is 3.85. The Hall–Kier alpha value is -2.21. The molecule has 2 heterocycles. The lowest BCUT2D eigenvalue weighted by atomic mass is 10.2. The van der Waals surface area contributed by atoms with E-state index in [9.17, 15) is 4.79 Å². The normalized spacial score (nSPS) is 10.8. The third-order valence-corrected chi connectivity index (χ3v) is 3.69. The minimum absolute atomic E-state index is 0.187. The summed E-state index contributed by atoms with van der Waals surface area (Å²) in [7, 11) is 1.71. The van der Waals surface area contributed by atoms with Crippen LogP contribution >= 0.6 is 15.9 Å². The van der Waals surface area contributed by atoms with Crippen molar-refractivity contribution in [2.24, 2.45) is 0 Å². The fourth-order valence-corrected chi connectivity index (χ4v) is 2.50. The number of halogens is 1. The first-order valence-corrected chi connectivity index (χ1v) is 7.62. The molecule has 114 valence electrons. The molecule has 0 spiro atoms. The van der Waals surface area contributed by atoms with Gasteiger partial charge in [0.05, 0.1) is 13.1 Å². The van der Waals surface area contributed by atoms with Crippen molar-refractivity contribution >= 4 is 32.9 Å². The predicted octanol–water partition coefficient (Wildman–Crippen LogP) is 4.13. The predicted molar refractivity (Wildman–Crippen MR) is 86.3 cm³/mol. The number of para-hydroxylation sites is 1. The summed E-state index contributed by atoms with van der Waals surface area (Å²) in [4.78, 5) is 13.6. The Morgan fingerprint density at radius 3 is 2.73 bits per heavy atom. The van der Waals surface area contributed by atoms with Gasteiger partial charge in [0.25, 0.3) is 0 Å². The van der Waals surface area contributed by atoms with Gasteiger partial charge in [0.2, 0.25) is 0 Å². The number of carbonyl (C=O) groups is 1. The van der Waals surface area contributed by atoms with Crippen molar-refractivity contribution in [1.82, 2.24) is 10.2 Å². The van der Waals surface area contributed by atoms with Crippen molar-refractivity contribution in [2.45, 2.75) is 13.1 Å². The van der Waals surface area contributed by atoms with Gasteiger partial charge in [-0.05, 0) is 40.2 Å². The van der Waals surface area contributed by atoms with E-state index in [0.29, 0.717) is 23.5 Å². The molecule has 0 unspecified atom stereocenters. The van der Waals surface area contributed by atoms with Crippen LogP contribution in [0.1, 0.15) is 11.5 Å². The highest BCUT2D eigenvalue weighted by atomic mass is 79.9. The highest BCUT2D eigenvalue weighted by molar-refractivity contribution is 9.10. The maximum atomic E-state index is 12.1. The molecule has 1 aromatic carbocycles. The second-order valence-corrected chi connectivity index (χ2v) is 5.75. The van der Waals surface area contributed by atoms with Crippen molar-refractivity contribution in [2.75, 3.05) is 7.05 Å². The van der Waals surface area contributed by atoms with Gasteiger partial charge in [-0.3, -0.25) is 0 Å². The van der Waals surface area contributed by atoms with Crippen molar-refractivity contribution in [1.29, 1.82) is 0 Å². The summed E-state index contributed by atoms with van der Waals surface area (Å²) < 4.78 is 11.7. The highest BCUT2D eigenvalue weighted by Crippen LogP contribution is 2.19. The summed E-state index contributed by atoms with van der Waals surface area (Å²) in [6.45, 7) is 0.747. The molecule has 0 radical (unpaired) electrons. The molecule has 0 bridgehead atoms. The highest BCUT2D eigenvalue weighted by Gasteiger charge is 2.12. The fraction of sp³-hybridized carbons (Fsp3) is 0.188. The quantitative estimate of drug-likeness (QED) is 0.758. The fourth-order valence-electron chi connectivity index (χ4n) is 2.16. The number of nitrogens with zero attached hydrogens (tertiary/aromatic N) is 1.